The molecule has 1 nitrogen and oxygen atoms in total. The fourth-order valence-electron chi connectivity index (χ4n) is 6.96. The zero-order valence-corrected chi connectivity index (χ0v) is 22.4. The molecule has 0 radical (unpaired) electrons. The molecule has 9 aromatic rings. The third-order valence-electron chi connectivity index (χ3n) is 8.75. The van der Waals surface area contributed by atoms with Crippen molar-refractivity contribution in [3.05, 3.63) is 152 Å². The molecule has 0 aliphatic rings. The molecule has 0 aliphatic heterocycles. The topological polar surface area (TPSA) is 4.93 Å². The van der Waals surface area contributed by atoms with Gasteiger partial charge in [0.15, 0.2) is 0 Å². The monoisotopic (exact) mass is 519 g/mol. The maximum Gasteiger partial charge on any atom is 0.0626 e. The van der Waals surface area contributed by atoms with Gasteiger partial charge in [-0.1, -0.05) is 140 Å². The third kappa shape index (κ3) is 3.18. The molecular formula is C40H25N. The summed E-state index contributed by atoms with van der Waals surface area (Å²) in [5.74, 6) is 0. The van der Waals surface area contributed by atoms with Crippen molar-refractivity contribution >= 4 is 64.9 Å². The van der Waals surface area contributed by atoms with Crippen LogP contribution in [0.1, 0.15) is 0 Å². The number of hydrogen-bond acceptors (Lipinski definition) is 0. The Bertz CT molecular complexity index is 2450. The second-order valence-electron chi connectivity index (χ2n) is 10.9. The maximum absolute atomic E-state index is 2.51. The van der Waals surface area contributed by atoms with Crippen LogP contribution in [0.25, 0.3) is 81.7 Å². The SMILES string of the molecule is c1ccc2c(-c3ccc(-n4c5c6ccccc6ccc5c5c6ccccc6c6ccccc6c54)cc3)cccc2c1. The molecule has 0 fully saturated rings. The molecule has 1 heteroatoms. The van der Waals surface area contributed by atoms with E-state index in [1.54, 1.807) is 0 Å². The lowest BCUT2D eigenvalue weighted by atomic mass is 9.96. The highest BCUT2D eigenvalue weighted by Crippen LogP contribution is 2.44. The zero-order valence-electron chi connectivity index (χ0n) is 22.4. The lowest BCUT2D eigenvalue weighted by Crippen LogP contribution is -1.96. The number of hydrogen-bond donors (Lipinski definition) is 0. The second-order valence-corrected chi connectivity index (χ2v) is 10.9. The van der Waals surface area contributed by atoms with Crippen molar-refractivity contribution in [1.82, 2.24) is 4.57 Å². The highest BCUT2D eigenvalue weighted by Gasteiger charge is 2.20. The summed E-state index contributed by atoms with van der Waals surface area (Å²) in [5, 5.41) is 12.8. The summed E-state index contributed by atoms with van der Waals surface area (Å²) in [6.07, 6.45) is 0. The Morgan fingerprint density at radius 2 is 0.878 bits per heavy atom. The molecule has 190 valence electrons. The van der Waals surface area contributed by atoms with Crippen LogP contribution in [0.15, 0.2) is 152 Å². The number of nitrogens with zero attached hydrogens (tertiary/aromatic N) is 1. The van der Waals surface area contributed by atoms with Crippen molar-refractivity contribution in [2.45, 2.75) is 0 Å². The van der Waals surface area contributed by atoms with Gasteiger partial charge in [-0.15, -0.1) is 0 Å². The summed E-state index contributed by atoms with van der Waals surface area (Å²) in [4.78, 5) is 0. The number of rotatable bonds is 2. The Labute approximate surface area is 237 Å². The lowest BCUT2D eigenvalue weighted by molar-refractivity contribution is 1.19. The highest BCUT2D eigenvalue weighted by atomic mass is 15.0. The first-order valence-corrected chi connectivity index (χ1v) is 14.2. The quantitative estimate of drug-likeness (QED) is 0.200. The van der Waals surface area contributed by atoms with Crippen molar-refractivity contribution < 1.29 is 0 Å². The van der Waals surface area contributed by atoms with E-state index in [-0.39, 0.29) is 0 Å². The fraction of sp³-hybridized carbons (Fsp3) is 0. The van der Waals surface area contributed by atoms with Gasteiger partial charge in [0, 0.05) is 27.2 Å². The normalized spacial score (nSPS) is 11.9. The van der Waals surface area contributed by atoms with Crippen LogP contribution in [0, 0.1) is 0 Å². The van der Waals surface area contributed by atoms with Crippen LogP contribution >= 0.6 is 0 Å². The summed E-state index contributed by atoms with van der Waals surface area (Å²) in [6, 6.07) is 55.5. The molecular weight excluding hydrogens is 494 g/mol. The van der Waals surface area contributed by atoms with Crippen molar-refractivity contribution in [3.63, 3.8) is 0 Å². The van der Waals surface area contributed by atoms with Crippen LogP contribution in [-0.2, 0) is 0 Å². The van der Waals surface area contributed by atoms with Crippen LogP contribution in [0.2, 0.25) is 0 Å². The molecule has 41 heavy (non-hydrogen) atoms. The predicted molar refractivity (Wildman–Crippen MR) is 176 cm³/mol. The molecule has 0 saturated carbocycles. The average Bonchev–Trinajstić information content (AvgIpc) is 3.41. The number of benzene rings is 8. The van der Waals surface area contributed by atoms with E-state index >= 15 is 0 Å². The molecule has 0 N–H and O–H groups in total. The van der Waals surface area contributed by atoms with Crippen molar-refractivity contribution in [2.75, 3.05) is 0 Å². The Morgan fingerprint density at radius 1 is 0.317 bits per heavy atom. The Morgan fingerprint density at radius 3 is 1.63 bits per heavy atom. The van der Waals surface area contributed by atoms with Crippen molar-refractivity contribution in [1.29, 1.82) is 0 Å². The van der Waals surface area contributed by atoms with E-state index in [0.717, 1.165) is 0 Å². The highest BCUT2D eigenvalue weighted by molar-refractivity contribution is 6.34. The first-order chi connectivity index (χ1) is 20.4. The van der Waals surface area contributed by atoms with Gasteiger partial charge in [0.05, 0.1) is 11.0 Å². The second kappa shape index (κ2) is 8.55. The summed E-state index contributed by atoms with van der Waals surface area (Å²) >= 11 is 0. The summed E-state index contributed by atoms with van der Waals surface area (Å²) < 4.78 is 2.51. The average molecular weight is 520 g/mol. The lowest BCUT2D eigenvalue weighted by Gasteiger charge is -2.14. The minimum atomic E-state index is 1.17. The summed E-state index contributed by atoms with van der Waals surface area (Å²) in [7, 11) is 0. The summed E-state index contributed by atoms with van der Waals surface area (Å²) in [6.45, 7) is 0. The summed E-state index contributed by atoms with van der Waals surface area (Å²) in [5.41, 5.74) is 6.19. The Hall–Kier alpha value is -5.40. The molecule has 0 unspecified atom stereocenters. The Kier molecular flexibility index (Phi) is 4.67. The van der Waals surface area contributed by atoms with E-state index in [0.29, 0.717) is 0 Å². The molecule has 0 spiro atoms. The molecule has 0 atom stereocenters. The van der Waals surface area contributed by atoms with Gasteiger partial charge < -0.3 is 4.57 Å². The number of aromatic nitrogens is 1. The van der Waals surface area contributed by atoms with Crippen LogP contribution < -0.4 is 0 Å². The van der Waals surface area contributed by atoms with E-state index < -0.39 is 0 Å². The zero-order chi connectivity index (χ0) is 26.9. The first kappa shape index (κ1) is 22.4. The predicted octanol–water partition coefficient (Wildman–Crippen LogP) is 11.1. The molecule has 1 aromatic heterocycles. The van der Waals surface area contributed by atoms with Crippen LogP contribution in [0.3, 0.4) is 0 Å². The van der Waals surface area contributed by atoms with E-state index in [4.69, 9.17) is 0 Å². The van der Waals surface area contributed by atoms with Gasteiger partial charge in [-0.25, -0.2) is 0 Å². The molecule has 0 aliphatic carbocycles. The molecule has 0 bridgehead atoms. The maximum atomic E-state index is 2.51. The molecule has 8 aromatic carbocycles. The standard InChI is InChI=1S/C40H25N/c1-3-13-30-26(10-1)12-9-19-31(30)28-20-23-29(24-21-28)41-39-32-14-4-2-11-27(32)22-25-37(39)38-35-17-7-5-15-33(35)34-16-6-8-18-36(34)40(38)41/h1-25H. The minimum absolute atomic E-state index is 1.17. The van der Waals surface area contributed by atoms with Gasteiger partial charge in [0.2, 0.25) is 0 Å². The van der Waals surface area contributed by atoms with Crippen LogP contribution in [0.5, 0.6) is 0 Å². The van der Waals surface area contributed by atoms with Gasteiger partial charge in [0.25, 0.3) is 0 Å². The van der Waals surface area contributed by atoms with Crippen molar-refractivity contribution in [2.24, 2.45) is 0 Å². The fourth-order valence-corrected chi connectivity index (χ4v) is 6.96. The van der Waals surface area contributed by atoms with E-state index in [1.165, 1.54) is 81.7 Å². The van der Waals surface area contributed by atoms with Gasteiger partial charge in [0.1, 0.15) is 0 Å². The molecule has 9 rings (SSSR count). The van der Waals surface area contributed by atoms with E-state index in [9.17, 15) is 0 Å². The van der Waals surface area contributed by atoms with E-state index in [2.05, 4.69) is 156 Å². The molecule has 0 amide bonds. The van der Waals surface area contributed by atoms with Gasteiger partial charge in [-0.3, -0.25) is 0 Å². The first-order valence-electron chi connectivity index (χ1n) is 14.2. The Balaban J connectivity index is 1.43. The van der Waals surface area contributed by atoms with E-state index in [1.807, 2.05) is 0 Å². The van der Waals surface area contributed by atoms with Gasteiger partial charge >= 0.3 is 0 Å². The minimum Gasteiger partial charge on any atom is -0.308 e. The largest absolute Gasteiger partial charge is 0.308 e. The van der Waals surface area contributed by atoms with Gasteiger partial charge in [-0.05, 0) is 55.6 Å². The molecule has 0 saturated heterocycles. The van der Waals surface area contributed by atoms with Crippen molar-refractivity contribution in [3.8, 4) is 16.8 Å². The van der Waals surface area contributed by atoms with Gasteiger partial charge in [-0.2, -0.15) is 0 Å². The third-order valence-corrected chi connectivity index (χ3v) is 8.75. The van der Waals surface area contributed by atoms with Crippen LogP contribution in [-0.4, -0.2) is 4.57 Å². The molecule has 1 heterocycles. The van der Waals surface area contributed by atoms with Crippen LogP contribution in [0.4, 0.5) is 0 Å². The number of fused-ring (bicyclic) bond motifs is 11. The smallest absolute Gasteiger partial charge is 0.0626 e.